The van der Waals surface area contributed by atoms with Crippen molar-refractivity contribution in [3.63, 3.8) is 0 Å². The summed E-state index contributed by atoms with van der Waals surface area (Å²) < 4.78 is 11.2. The van der Waals surface area contributed by atoms with Crippen molar-refractivity contribution in [3.8, 4) is 0 Å². The predicted molar refractivity (Wildman–Crippen MR) is 160 cm³/mol. The molecule has 0 aliphatic heterocycles. The van der Waals surface area contributed by atoms with E-state index in [4.69, 9.17) is 9.47 Å². The lowest BCUT2D eigenvalue weighted by atomic mass is 9.33. The summed E-state index contributed by atoms with van der Waals surface area (Å²) in [6.07, 6.45) is 12.8. The lowest BCUT2D eigenvalue weighted by Gasteiger charge is -2.72. The first-order valence-corrected chi connectivity index (χ1v) is 16.5. The zero-order valence-corrected chi connectivity index (χ0v) is 27.2. The number of rotatable bonds is 5. The average Bonchev–Trinajstić information content (AvgIpc) is 3.30. The molecule has 0 spiro atoms. The van der Waals surface area contributed by atoms with Gasteiger partial charge in [0.15, 0.2) is 0 Å². The summed E-state index contributed by atoms with van der Waals surface area (Å²) in [7, 11) is 1.38. The maximum atomic E-state index is 13.1. The lowest BCUT2D eigenvalue weighted by Crippen LogP contribution is -2.66. The second-order valence-electron chi connectivity index (χ2n) is 17.0. The van der Waals surface area contributed by atoms with Crippen LogP contribution in [0.4, 0.5) is 0 Å². The molecule has 0 N–H and O–H groups in total. The van der Waals surface area contributed by atoms with E-state index in [0.29, 0.717) is 16.7 Å². The number of carbonyl (C=O) groups is 2. The predicted octanol–water partition coefficient (Wildman–Crippen LogP) is 8.77. The molecule has 0 amide bonds. The fourth-order valence-electron chi connectivity index (χ4n) is 12.3. The molecule has 5 fully saturated rings. The summed E-state index contributed by atoms with van der Waals surface area (Å²) in [5.74, 6) is 3.94. The molecular formula is C36H58O4. The smallest absolute Gasteiger partial charge is 0.311 e. The van der Waals surface area contributed by atoms with Gasteiger partial charge in [-0.3, -0.25) is 9.59 Å². The van der Waals surface area contributed by atoms with E-state index in [-0.39, 0.29) is 35.3 Å². The minimum absolute atomic E-state index is 0.0575. The first-order valence-electron chi connectivity index (χ1n) is 16.5. The Morgan fingerprint density at radius 2 is 1.52 bits per heavy atom. The van der Waals surface area contributed by atoms with Crippen LogP contribution < -0.4 is 0 Å². The van der Waals surface area contributed by atoms with Gasteiger partial charge in [-0.1, -0.05) is 46.8 Å². The van der Waals surface area contributed by atoms with Crippen molar-refractivity contribution in [2.24, 2.45) is 62.6 Å². The quantitative estimate of drug-likeness (QED) is 0.252. The summed E-state index contributed by atoms with van der Waals surface area (Å²) in [6.45, 7) is 23.0. The molecule has 5 aliphatic carbocycles. The van der Waals surface area contributed by atoms with Crippen LogP contribution in [0.15, 0.2) is 12.2 Å². The van der Waals surface area contributed by atoms with Crippen LogP contribution in [0.5, 0.6) is 0 Å². The summed E-state index contributed by atoms with van der Waals surface area (Å²) in [6, 6.07) is 0. The molecule has 8 unspecified atom stereocenters. The van der Waals surface area contributed by atoms with E-state index in [2.05, 4.69) is 48.1 Å². The van der Waals surface area contributed by atoms with Gasteiger partial charge >= 0.3 is 11.9 Å². The van der Waals surface area contributed by atoms with E-state index < -0.39 is 5.41 Å². The molecule has 4 nitrogen and oxygen atoms in total. The van der Waals surface area contributed by atoms with Crippen molar-refractivity contribution >= 4 is 11.9 Å². The first kappa shape index (κ1) is 30.1. The molecule has 4 heteroatoms. The molecule has 5 saturated carbocycles. The molecule has 0 radical (unpaired) electrons. The molecule has 0 heterocycles. The van der Waals surface area contributed by atoms with E-state index in [1.165, 1.54) is 64.0 Å². The van der Waals surface area contributed by atoms with Crippen molar-refractivity contribution in [3.05, 3.63) is 12.2 Å². The number of allylic oxidation sites excluding steroid dienone is 1. The van der Waals surface area contributed by atoms with E-state index in [1.807, 2.05) is 0 Å². The molecule has 0 saturated heterocycles. The minimum Gasteiger partial charge on any atom is -0.469 e. The number of hydrogen-bond donors (Lipinski definition) is 0. The molecule has 5 rings (SSSR count). The molecule has 226 valence electrons. The Kier molecular flexibility index (Phi) is 7.44. The van der Waals surface area contributed by atoms with Crippen LogP contribution in [-0.2, 0) is 19.1 Å². The number of ether oxygens (including phenoxy) is 2. The standard InChI is InChI=1S/C36H58O4/c1-22(2)24-12-11-23-15-19-35(8)25(30(23)24)13-14-27-34(7)18-17-28(33(5,6)26(34)16-20-36(27,35)9)40-29(37)21-32(3,4)31(38)39-10/h23-28,30H,1,11-21H2,2-10H3/t23?,24-,25?,26?,27?,28?,30?,34?,35+,36?/m0/s1. The summed E-state index contributed by atoms with van der Waals surface area (Å²) in [4.78, 5) is 25.3. The van der Waals surface area contributed by atoms with Gasteiger partial charge in [-0.25, -0.2) is 0 Å². The molecule has 0 aromatic rings. The van der Waals surface area contributed by atoms with Crippen LogP contribution in [0.1, 0.15) is 126 Å². The lowest BCUT2D eigenvalue weighted by molar-refractivity contribution is -0.244. The van der Waals surface area contributed by atoms with E-state index in [1.54, 1.807) is 13.8 Å². The van der Waals surface area contributed by atoms with Gasteiger partial charge in [0.05, 0.1) is 18.9 Å². The fraction of sp³-hybridized carbons (Fsp3) is 0.889. The number of methoxy groups -OCH3 is 1. The van der Waals surface area contributed by atoms with Gasteiger partial charge in [0.2, 0.25) is 0 Å². The monoisotopic (exact) mass is 554 g/mol. The number of hydrogen-bond acceptors (Lipinski definition) is 4. The van der Waals surface area contributed by atoms with Crippen LogP contribution in [-0.4, -0.2) is 25.2 Å². The Morgan fingerprint density at radius 3 is 2.17 bits per heavy atom. The third-order valence-electron chi connectivity index (χ3n) is 14.5. The van der Waals surface area contributed by atoms with E-state index in [9.17, 15) is 9.59 Å². The zero-order valence-electron chi connectivity index (χ0n) is 27.2. The molecule has 5 aliphatic rings. The fourth-order valence-corrected chi connectivity index (χ4v) is 12.3. The Balaban J connectivity index is 1.37. The van der Waals surface area contributed by atoms with Gasteiger partial charge in [-0.2, -0.15) is 0 Å². The Hall–Kier alpha value is -1.32. The zero-order chi connectivity index (χ0) is 29.5. The van der Waals surface area contributed by atoms with Crippen molar-refractivity contribution in [2.75, 3.05) is 7.11 Å². The van der Waals surface area contributed by atoms with Gasteiger partial charge < -0.3 is 9.47 Å². The van der Waals surface area contributed by atoms with Crippen LogP contribution >= 0.6 is 0 Å². The van der Waals surface area contributed by atoms with E-state index >= 15 is 0 Å². The van der Waals surface area contributed by atoms with Crippen molar-refractivity contribution in [1.29, 1.82) is 0 Å². The third-order valence-corrected chi connectivity index (χ3v) is 14.5. The van der Waals surface area contributed by atoms with Crippen molar-refractivity contribution < 1.29 is 19.1 Å². The summed E-state index contributed by atoms with van der Waals surface area (Å²) in [5.41, 5.74) is 1.49. The maximum absolute atomic E-state index is 13.1. The molecule has 40 heavy (non-hydrogen) atoms. The van der Waals surface area contributed by atoms with Gasteiger partial charge in [-0.05, 0) is 137 Å². The molecular weight excluding hydrogens is 496 g/mol. The number of esters is 2. The topological polar surface area (TPSA) is 52.6 Å². The van der Waals surface area contributed by atoms with Gasteiger partial charge in [-0.15, -0.1) is 0 Å². The van der Waals surface area contributed by atoms with Crippen molar-refractivity contribution in [2.45, 2.75) is 132 Å². The molecule has 0 aromatic heterocycles. The van der Waals surface area contributed by atoms with Gasteiger partial charge in [0.25, 0.3) is 0 Å². The summed E-state index contributed by atoms with van der Waals surface area (Å²) in [5, 5.41) is 0. The highest BCUT2D eigenvalue weighted by Crippen LogP contribution is 2.76. The normalized spacial score (nSPS) is 45.8. The Labute approximate surface area is 244 Å². The van der Waals surface area contributed by atoms with Crippen molar-refractivity contribution in [1.82, 2.24) is 0 Å². The number of carbonyl (C=O) groups excluding carboxylic acids is 2. The molecule has 0 aromatic carbocycles. The van der Waals surface area contributed by atoms with Crippen LogP contribution in [0.2, 0.25) is 0 Å². The third kappa shape index (κ3) is 4.26. The van der Waals surface area contributed by atoms with Crippen LogP contribution in [0.25, 0.3) is 0 Å². The van der Waals surface area contributed by atoms with Crippen LogP contribution in [0.3, 0.4) is 0 Å². The highest BCUT2D eigenvalue weighted by Gasteiger charge is 2.69. The Bertz CT molecular complexity index is 1040. The maximum Gasteiger partial charge on any atom is 0.311 e. The van der Waals surface area contributed by atoms with Gasteiger partial charge in [0, 0.05) is 5.41 Å². The molecule has 0 bridgehead atoms. The average molecular weight is 555 g/mol. The second-order valence-corrected chi connectivity index (χ2v) is 17.0. The number of fused-ring (bicyclic) bond motifs is 7. The highest BCUT2D eigenvalue weighted by atomic mass is 16.5. The highest BCUT2D eigenvalue weighted by molar-refractivity contribution is 5.82. The molecule has 10 atom stereocenters. The van der Waals surface area contributed by atoms with E-state index in [0.717, 1.165) is 42.4 Å². The van der Waals surface area contributed by atoms with Gasteiger partial charge in [0.1, 0.15) is 6.10 Å². The largest absolute Gasteiger partial charge is 0.469 e. The SMILES string of the molecule is C=C(C)[C@@H]1CCC2CC[C@]3(C)C(CCC4C5(C)CCC(OC(=O)CC(C)(C)C(=O)OC)C(C)(C)C5CCC43C)C21. The van der Waals surface area contributed by atoms with Crippen LogP contribution in [0, 0.1) is 62.6 Å². The first-order chi connectivity index (χ1) is 18.5. The second kappa shape index (κ2) is 9.87. The minimum atomic E-state index is -0.874. The summed E-state index contributed by atoms with van der Waals surface area (Å²) >= 11 is 0. The Morgan fingerprint density at radius 1 is 0.850 bits per heavy atom.